The summed E-state index contributed by atoms with van der Waals surface area (Å²) in [6.07, 6.45) is 1.16. The fourth-order valence-electron chi connectivity index (χ4n) is 1.69. The molecule has 1 fully saturated rings. The molecule has 1 aliphatic rings. The summed E-state index contributed by atoms with van der Waals surface area (Å²) in [5.41, 5.74) is -0.641. The van der Waals surface area contributed by atoms with Crippen LogP contribution in [0.25, 0.3) is 0 Å². The van der Waals surface area contributed by atoms with E-state index < -0.39 is 11.4 Å². The van der Waals surface area contributed by atoms with Gasteiger partial charge in [0.05, 0.1) is 6.07 Å². The lowest BCUT2D eigenvalue weighted by Crippen LogP contribution is -2.32. The van der Waals surface area contributed by atoms with E-state index in [4.69, 9.17) is 9.84 Å². The van der Waals surface area contributed by atoms with Gasteiger partial charge < -0.3 is 9.84 Å². The van der Waals surface area contributed by atoms with Crippen molar-refractivity contribution >= 4 is 17.3 Å². The second-order valence-electron chi connectivity index (χ2n) is 3.65. The number of nitrogens with zero attached hydrogens (tertiary/aromatic N) is 2. The summed E-state index contributed by atoms with van der Waals surface area (Å²) in [7, 11) is 0. The number of hydrogen-bond donors (Lipinski definition) is 1. The quantitative estimate of drug-likeness (QED) is 0.842. The lowest BCUT2D eigenvalue weighted by molar-refractivity contribution is 0.0666. The smallest absolute Gasteiger partial charge is 0.355 e. The number of ether oxygens (including phenoxy) is 1. The average molecular weight is 238 g/mol. The molecule has 0 atom stereocenters. The summed E-state index contributed by atoms with van der Waals surface area (Å²) >= 11 is 1.24. The first kappa shape index (κ1) is 11.0. The van der Waals surface area contributed by atoms with Gasteiger partial charge in [-0.2, -0.15) is 5.26 Å². The number of hydrogen-bond acceptors (Lipinski definition) is 5. The Kier molecular flexibility index (Phi) is 2.90. The molecule has 0 unspecified atom stereocenters. The van der Waals surface area contributed by atoms with E-state index in [0.29, 0.717) is 31.1 Å². The monoisotopic (exact) mass is 238 g/mol. The lowest BCUT2D eigenvalue weighted by atomic mass is 9.82. The first-order valence-electron chi connectivity index (χ1n) is 4.86. The fourth-order valence-corrected chi connectivity index (χ4v) is 2.69. The predicted molar refractivity (Wildman–Crippen MR) is 56.4 cm³/mol. The molecule has 1 N–H and O–H groups in total. The van der Waals surface area contributed by atoms with E-state index in [-0.39, 0.29) is 5.69 Å². The maximum absolute atomic E-state index is 10.7. The standard InChI is InChI=1S/C10H10N2O3S/c11-6-10(1-3-15-4-2-10)9-12-7(5-16-9)8(13)14/h5H,1-4H2,(H,13,14). The third-order valence-corrected chi connectivity index (χ3v) is 3.74. The van der Waals surface area contributed by atoms with Crippen LogP contribution in [0.3, 0.4) is 0 Å². The molecule has 2 rings (SSSR count). The molecule has 1 aliphatic heterocycles. The zero-order valence-electron chi connectivity index (χ0n) is 8.47. The first-order valence-corrected chi connectivity index (χ1v) is 5.74. The van der Waals surface area contributed by atoms with Gasteiger partial charge in [0.2, 0.25) is 0 Å². The molecule has 16 heavy (non-hydrogen) atoms. The summed E-state index contributed by atoms with van der Waals surface area (Å²) < 4.78 is 5.21. The number of carbonyl (C=O) groups is 1. The maximum atomic E-state index is 10.7. The van der Waals surface area contributed by atoms with Crippen molar-refractivity contribution in [2.45, 2.75) is 18.3 Å². The molecular formula is C10H10N2O3S. The molecule has 0 saturated carbocycles. The number of aromatic carboxylic acids is 1. The Bertz CT molecular complexity index is 443. The minimum atomic E-state index is -1.05. The highest BCUT2D eigenvalue weighted by molar-refractivity contribution is 7.10. The molecule has 1 aromatic heterocycles. The second kappa shape index (κ2) is 4.20. The van der Waals surface area contributed by atoms with Crippen LogP contribution in [0, 0.1) is 11.3 Å². The summed E-state index contributed by atoms with van der Waals surface area (Å²) in [5.74, 6) is -1.05. The van der Waals surface area contributed by atoms with Crippen LogP contribution in [0.2, 0.25) is 0 Å². The molecule has 0 aromatic carbocycles. The van der Waals surface area contributed by atoms with Crippen LogP contribution in [0.1, 0.15) is 28.3 Å². The minimum Gasteiger partial charge on any atom is -0.476 e. The van der Waals surface area contributed by atoms with Gasteiger partial charge in [-0.1, -0.05) is 0 Å². The van der Waals surface area contributed by atoms with Crippen molar-refractivity contribution in [2.24, 2.45) is 0 Å². The Morgan fingerprint density at radius 3 is 2.81 bits per heavy atom. The molecule has 0 amide bonds. The van der Waals surface area contributed by atoms with Crippen molar-refractivity contribution in [3.05, 3.63) is 16.1 Å². The second-order valence-corrected chi connectivity index (χ2v) is 4.51. The summed E-state index contributed by atoms with van der Waals surface area (Å²) in [6.45, 7) is 1.05. The Balaban J connectivity index is 2.33. The fraction of sp³-hybridized carbons (Fsp3) is 0.500. The van der Waals surface area contributed by atoms with E-state index in [1.807, 2.05) is 0 Å². The van der Waals surface area contributed by atoms with E-state index in [0.717, 1.165) is 0 Å². The van der Waals surface area contributed by atoms with Crippen LogP contribution in [0.15, 0.2) is 5.38 Å². The van der Waals surface area contributed by atoms with Gasteiger partial charge in [-0.05, 0) is 12.8 Å². The predicted octanol–water partition coefficient (Wildman–Crippen LogP) is 1.41. The largest absolute Gasteiger partial charge is 0.476 e. The number of nitriles is 1. The van der Waals surface area contributed by atoms with Crippen LogP contribution in [-0.2, 0) is 10.2 Å². The highest BCUT2D eigenvalue weighted by Crippen LogP contribution is 2.35. The molecule has 0 bridgehead atoms. The first-order chi connectivity index (χ1) is 7.68. The topological polar surface area (TPSA) is 83.2 Å². The van der Waals surface area contributed by atoms with Gasteiger partial charge in [0, 0.05) is 18.6 Å². The van der Waals surface area contributed by atoms with Gasteiger partial charge in [0.1, 0.15) is 10.4 Å². The Labute approximate surface area is 96.3 Å². The SMILES string of the molecule is N#CC1(c2nc(C(=O)O)cs2)CCOCC1. The molecule has 0 aliphatic carbocycles. The minimum absolute atomic E-state index is 0.0149. The zero-order chi connectivity index (χ0) is 11.6. The molecule has 1 aromatic rings. The van der Waals surface area contributed by atoms with E-state index >= 15 is 0 Å². The van der Waals surface area contributed by atoms with Crippen LogP contribution < -0.4 is 0 Å². The molecule has 84 valence electrons. The molecular weight excluding hydrogens is 228 g/mol. The third kappa shape index (κ3) is 1.79. The number of thiazole rings is 1. The maximum Gasteiger partial charge on any atom is 0.355 e. The normalized spacial score (nSPS) is 18.9. The van der Waals surface area contributed by atoms with Gasteiger partial charge in [-0.3, -0.25) is 0 Å². The highest BCUT2D eigenvalue weighted by atomic mass is 32.1. The lowest BCUT2D eigenvalue weighted by Gasteiger charge is -2.28. The number of aromatic nitrogens is 1. The van der Waals surface area contributed by atoms with Crippen molar-refractivity contribution in [3.63, 3.8) is 0 Å². The van der Waals surface area contributed by atoms with Gasteiger partial charge in [0.15, 0.2) is 5.69 Å². The molecule has 0 spiro atoms. The van der Waals surface area contributed by atoms with Crippen molar-refractivity contribution in [1.29, 1.82) is 5.26 Å². The van der Waals surface area contributed by atoms with E-state index in [1.54, 1.807) is 0 Å². The van der Waals surface area contributed by atoms with Crippen LogP contribution >= 0.6 is 11.3 Å². The highest BCUT2D eigenvalue weighted by Gasteiger charge is 2.37. The van der Waals surface area contributed by atoms with Crippen LogP contribution in [0.5, 0.6) is 0 Å². The van der Waals surface area contributed by atoms with Gasteiger partial charge in [-0.25, -0.2) is 9.78 Å². The third-order valence-electron chi connectivity index (χ3n) is 2.69. The van der Waals surface area contributed by atoms with E-state index in [9.17, 15) is 10.1 Å². The summed E-state index contributed by atoms with van der Waals surface area (Å²) in [5, 5.41) is 20.1. The van der Waals surface area contributed by atoms with Crippen LogP contribution in [-0.4, -0.2) is 29.3 Å². The van der Waals surface area contributed by atoms with Gasteiger partial charge in [-0.15, -0.1) is 11.3 Å². The summed E-state index contributed by atoms with van der Waals surface area (Å²) in [4.78, 5) is 14.7. The zero-order valence-corrected chi connectivity index (χ0v) is 9.29. The molecule has 5 nitrogen and oxygen atoms in total. The Morgan fingerprint density at radius 2 is 2.31 bits per heavy atom. The van der Waals surface area contributed by atoms with Crippen LogP contribution in [0.4, 0.5) is 0 Å². The number of rotatable bonds is 2. The van der Waals surface area contributed by atoms with Crippen molar-refractivity contribution in [2.75, 3.05) is 13.2 Å². The molecule has 2 heterocycles. The number of carboxylic acids is 1. The van der Waals surface area contributed by atoms with E-state index in [1.165, 1.54) is 16.7 Å². The van der Waals surface area contributed by atoms with Gasteiger partial charge >= 0.3 is 5.97 Å². The number of carboxylic acid groups (broad SMARTS) is 1. The molecule has 0 radical (unpaired) electrons. The Morgan fingerprint density at radius 1 is 1.62 bits per heavy atom. The molecule has 6 heteroatoms. The van der Waals surface area contributed by atoms with Crippen molar-refractivity contribution in [1.82, 2.24) is 4.98 Å². The van der Waals surface area contributed by atoms with Crippen molar-refractivity contribution < 1.29 is 14.6 Å². The molecule has 1 saturated heterocycles. The summed E-state index contributed by atoms with van der Waals surface area (Å²) in [6, 6.07) is 2.26. The Hall–Kier alpha value is -1.45. The van der Waals surface area contributed by atoms with E-state index in [2.05, 4.69) is 11.1 Å². The van der Waals surface area contributed by atoms with Gasteiger partial charge in [0.25, 0.3) is 0 Å². The average Bonchev–Trinajstić information content (AvgIpc) is 2.80. The van der Waals surface area contributed by atoms with Crippen molar-refractivity contribution in [3.8, 4) is 6.07 Å².